The van der Waals surface area contributed by atoms with E-state index in [2.05, 4.69) is 5.16 Å². The van der Waals surface area contributed by atoms with Crippen LogP contribution in [-0.4, -0.2) is 40.1 Å². The van der Waals surface area contributed by atoms with E-state index in [9.17, 15) is 27.9 Å². The van der Waals surface area contributed by atoms with Gasteiger partial charge in [0.2, 0.25) is 0 Å². The molecule has 9 heteroatoms. The van der Waals surface area contributed by atoms with E-state index in [0.29, 0.717) is 5.56 Å². The van der Waals surface area contributed by atoms with Crippen LogP contribution in [-0.2, 0) is 11.0 Å². The maximum absolute atomic E-state index is 12.9. The van der Waals surface area contributed by atoms with Gasteiger partial charge in [-0.05, 0) is 25.0 Å². The molecule has 0 radical (unpaired) electrons. The van der Waals surface area contributed by atoms with Gasteiger partial charge in [0.25, 0.3) is 5.91 Å². The Morgan fingerprint density at radius 3 is 2.37 bits per heavy atom. The van der Waals surface area contributed by atoms with Crippen LogP contribution in [0.1, 0.15) is 28.6 Å². The molecule has 6 nitrogen and oxygen atoms in total. The number of carbonyl (C=O) groups excluding carboxylic acids is 1. The van der Waals surface area contributed by atoms with Crippen molar-refractivity contribution in [3.63, 3.8) is 0 Å². The zero-order chi connectivity index (χ0) is 19.9. The van der Waals surface area contributed by atoms with Crippen LogP contribution in [0.2, 0.25) is 0 Å². The number of rotatable bonds is 3. The van der Waals surface area contributed by atoms with E-state index in [-0.39, 0.29) is 36.0 Å². The molecule has 2 heterocycles. The minimum atomic E-state index is -4.46. The highest BCUT2D eigenvalue weighted by atomic mass is 19.4. The van der Waals surface area contributed by atoms with Gasteiger partial charge in [0.15, 0.2) is 0 Å². The number of carboxylic acids is 1. The summed E-state index contributed by atoms with van der Waals surface area (Å²) in [7, 11) is 0. The largest absolute Gasteiger partial charge is 0.481 e. The number of aliphatic carboxylic acids is 1. The molecule has 0 unspecified atom stereocenters. The molecule has 1 N–H and O–H groups in total. The number of aromatic nitrogens is 1. The molecule has 1 saturated heterocycles. The minimum absolute atomic E-state index is 0.0619. The molecule has 2 aromatic rings. The normalized spacial score (nSPS) is 20.1. The Labute approximate surface area is 152 Å². The van der Waals surface area contributed by atoms with E-state index < -0.39 is 29.5 Å². The third-order valence-corrected chi connectivity index (χ3v) is 4.78. The van der Waals surface area contributed by atoms with Gasteiger partial charge < -0.3 is 14.5 Å². The first-order chi connectivity index (χ1) is 12.6. The van der Waals surface area contributed by atoms with Crippen LogP contribution in [0, 0.1) is 18.8 Å². The Balaban J connectivity index is 1.91. The second kappa shape index (κ2) is 6.71. The Kier molecular flexibility index (Phi) is 4.71. The Bertz CT molecular complexity index is 874. The highest BCUT2D eigenvalue weighted by Gasteiger charge is 2.39. The molecule has 1 fully saturated rings. The van der Waals surface area contributed by atoms with E-state index in [1.807, 2.05) is 0 Å². The van der Waals surface area contributed by atoms with Crippen molar-refractivity contribution in [1.29, 1.82) is 0 Å². The Hall–Kier alpha value is -2.84. The summed E-state index contributed by atoms with van der Waals surface area (Å²) in [6.45, 7) is 3.62. The average molecular weight is 382 g/mol. The molecule has 3 rings (SSSR count). The smallest absolute Gasteiger partial charge is 0.416 e. The first kappa shape index (κ1) is 18.9. The van der Waals surface area contributed by atoms with Crippen LogP contribution < -0.4 is 0 Å². The zero-order valence-corrected chi connectivity index (χ0v) is 14.6. The maximum atomic E-state index is 12.9. The lowest BCUT2D eigenvalue weighted by Gasteiger charge is -2.16. The molecular formula is C18H17F3N2O4. The standard InChI is InChI=1S/C18H17F3N2O4/c1-9-7-23(8-13(9)17(25)26)16(24)14-10(2)27-22-15(14)11-3-5-12(6-4-11)18(19,20)21/h3-6,9,13H,7-8H2,1-2H3,(H,25,26)/t9-,13-/m1/s1. The summed E-state index contributed by atoms with van der Waals surface area (Å²) in [4.78, 5) is 25.6. The molecule has 1 aliphatic rings. The van der Waals surface area contributed by atoms with Crippen molar-refractivity contribution in [1.82, 2.24) is 10.1 Å². The number of amides is 1. The van der Waals surface area contributed by atoms with Crippen LogP contribution in [0.15, 0.2) is 28.8 Å². The van der Waals surface area contributed by atoms with E-state index in [4.69, 9.17) is 4.52 Å². The van der Waals surface area contributed by atoms with Gasteiger partial charge in [0.1, 0.15) is 17.0 Å². The van der Waals surface area contributed by atoms with Gasteiger partial charge in [-0.25, -0.2) is 0 Å². The van der Waals surface area contributed by atoms with Gasteiger partial charge in [-0.15, -0.1) is 0 Å². The summed E-state index contributed by atoms with van der Waals surface area (Å²) in [5, 5.41) is 13.1. The quantitative estimate of drug-likeness (QED) is 0.879. The molecule has 0 bridgehead atoms. The maximum Gasteiger partial charge on any atom is 0.416 e. The van der Waals surface area contributed by atoms with Crippen molar-refractivity contribution < 1.29 is 32.4 Å². The van der Waals surface area contributed by atoms with Crippen molar-refractivity contribution in [2.24, 2.45) is 11.8 Å². The van der Waals surface area contributed by atoms with Crippen molar-refractivity contribution in [3.05, 3.63) is 41.2 Å². The fourth-order valence-electron chi connectivity index (χ4n) is 3.25. The fourth-order valence-corrected chi connectivity index (χ4v) is 3.25. The van der Waals surface area contributed by atoms with Crippen molar-refractivity contribution in [2.75, 3.05) is 13.1 Å². The topological polar surface area (TPSA) is 83.6 Å². The summed E-state index contributed by atoms with van der Waals surface area (Å²) in [6.07, 6.45) is -4.46. The van der Waals surface area contributed by atoms with Crippen LogP contribution in [0.25, 0.3) is 11.3 Å². The first-order valence-corrected chi connectivity index (χ1v) is 8.25. The molecule has 1 aromatic heterocycles. The van der Waals surface area contributed by atoms with E-state index in [0.717, 1.165) is 12.1 Å². The van der Waals surface area contributed by atoms with Crippen LogP contribution in [0.3, 0.4) is 0 Å². The lowest BCUT2D eigenvalue weighted by atomic mass is 9.99. The number of carboxylic acid groups (broad SMARTS) is 1. The van der Waals surface area contributed by atoms with Gasteiger partial charge in [-0.3, -0.25) is 9.59 Å². The van der Waals surface area contributed by atoms with Crippen molar-refractivity contribution >= 4 is 11.9 Å². The van der Waals surface area contributed by atoms with Gasteiger partial charge >= 0.3 is 12.1 Å². The van der Waals surface area contributed by atoms with Crippen molar-refractivity contribution in [3.8, 4) is 11.3 Å². The number of halogens is 3. The summed E-state index contributed by atoms with van der Waals surface area (Å²) in [5.74, 6) is -2.06. The number of carbonyl (C=O) groups is 2. The molecule has 0 saturated carbocycles. The number of benzene rings is 1. The highest BCUT2D eigenvalue weighted by molar-refractivity contribution is 6.01. The molecule has 144 valence electrons. The third-order valence-electron chi connectivity index (χ3n) is 4.78. The first-order valence-electron chi connectivity index (χ1n) is 8.25. The second-order valence-electron chi connectivity index (χ2n) is 6.67. The summed E-state index contributed by atoms with van der Waals surface area (Å²) < 4.78 is 43.3. The van der Waals surface area contributed by atoms with Gasteiger partial charge in [0.05, 0.1) is 11.5 Å². The van der Waals surface area contributed by atoms with Crippen molar-refractivity contribution in [2.45, 2.75) is 20.0 Å². The van der Waals surface area contributed by atoms with Crippen LogP contribution in [0.4, 0.5) is 13.2 Å². The van der Waals surface area contributed by atoms with E-state index in [1.165, 1.54) is 24.0 Å². The minimum Gasteiger partial charge on any atom is -0.481 e. The number of hydrogen-bond acceptors (Lipinski definition) is 4. The molecule has 2 atom stereocenters. The number of hydrogen-bond donors (Lipinski definition) is 1. The predicted octanol–water partition coefficient (Wildman–Crippen LogP) is 3.46. The lowest BCUT2D eigenvalue weighted by molar-refractivity contribution is -0.142. The monoisotopic (exact) mass is 382 g/mol. The lowest BCUT2D eigenvalue weighted by Crippen LogP contribution is -2.30. The van der Waals surface area contributed by atoms with E-state index >= 15 is 0 Å². The van der Waals surface area contributed by atoms with Gasteiger partial charge in [-0.2, -0.15) is 13.2 Å². The summed E-state index contributed by atoms with van der Waals surface area (Å²) >= 11 is 0. The molecule has 27 heavy (non-hydrogen) atoms. The Morgan fingerprint density at radius 1 is 1.22 bits per heavy atom. The van der Waals surface area contributed by atoms with E-state index in [1.54, 1.807) is 6.92 Å². The molecule has 0 spiro atoms. The number of alkyl halides is 3. The predicted molar refractivity (Wildman–Crippen MR) is 87.9 cm³/mol. The zero-order valence-electron chi connectivity index (χ0n) is 14.6. The SMILES string of the molecule is Cc1onc(-c2ccc(C(F)(F)F)cc2)c1C(=O)N1C[C@@H](C)[C@H](C(=O)O)C1. The fraction of sp³-hybridized carbons (Fsp3) is 0.389. The van der Waals surface area contributed by atoms with Crippen LogP contribution in [0.5, 0.6) is 0 Å². The Morgan fingerprint density at radius 2 is 1.85 bits per heavy atom. The number of aryl methyl sites for hydroxylation is 1. The van der Waals surface area contributed by atoms with Gasteiger partial charge in [-0.1, -0.05) is 24.2 Å². The highest BCUT2D eigenvalue weighted by Crippen LogP contribution is 2.33. The molecule has 1 aliphatic heterocycles. The average Bonchev–Trinajstić information content (AvgIpc) is 3.17. The second-order valence-corrected chi connectivity index (χ2v) is 6.67. The summed E-state index contributed by atoms with van der Waals surface area (Å²) in [6, 6.07) is 4.27. The molecule has 1 aromatic carbocycles. The molecular weight excluding hydrogens is 365 g/mol. The number of nitrogens with zero attached hydrogens (tertiary/aromatic N) is 2. The molecule has 1 amide bonds. The number of likely N-dealkylation sites (tertiary alicyclic amines) is 1. The van der Waals surface area contributed by atoms with Crippen LogP contribution >= 0.6 is 0 Å². The van der Waals surface area contributed by atoms with Gasteiger partial charge in [0, 0.05) is 18.7 Å². The molecule has 0 aliphatic carbocycles. The third kappa shape index (κ3) is 3.54. The summed E-state index contributed by atoms with van der Waals surface area (Å²) in [5.41, 5.74) is -0.229.